The third-order valence-corrected chi connectivity index (χ3v) is 3.98. The number of rotatable bonds is 6. The summed E-state index contributed by atoms with van der Waals surface area (Å²) in [5, 5.41) is 27.1. The zero-order valence-electron chi connectivity index (χ0n) is 13.3. The molecular weight excluding hydrogens is 423 g/mol. The average molecular weight is 434 g/mol. The number of hydrogen-bond donors (Lipinski definition) is 2. The highest BCUT2D eigenvalue weighted by Gasteiger charge is 2.35. The number of carbonyl (C=O) groups excluding carboxylic acids is 1. The number of para-hydroxylation sites is 1. The molecule has 2 rings (SSSR count). The van der Waals surface area contributed by atoms with Gasteiger partial charge >= 0.3 is 0 Å². The first-order valence-corrected chi connectivity index (χ1v) is 8.35. The third kappa shape index (κ3) is 5.43. The minimum Gasteiger partial charge on any atom is -0.362 e. The molecule has 1 atom stereocenters. The predicted octanol–water partition coefficient (Wildman–Crippen LogP) is 4.04. The summed E-state index contributed by atoms with van der Waals surface area (Å²) < 4.78 is -2.00. The van der Waals surface area contributed by atoms with E-state index in [1.807, 2.05) is 0 Å². The van der Waals surface area contributed by atoms with Crippen molar-refractivity contribution in [1.29, 1.82) is 0 Å². The monoisotopic (exact) mass is 432 g/mol. The van der Waals surface area contributed by atoms with Crippen LogP contribution in [0.2, 0.25) is 0 Å². The summed E-state index contributed by atoms with van der Waals surface area (Å²) in [6.45, 7) is 0. The van der Waals surface area contributed by atoms with E-state index >= 15 is 0 Å². The van der Waals surface area contributed by atoms with Gasteiger partial charge in [0.05, 0.1) is 15.9 Å². The molecule has 0 saturated heterocycles. The van der Waals surface area contributed by atoms with Crippen LogP contribution in [0.4, 0.5) is 17.1 Å². The maximum atomic E-state index is 12.5. The zero-order chi connectivity index (χ0) is 20.2. The van der Waals surface area contributed by atoms with Crippen LogP contribution in [0, 0.1) is 20.2 Å². The summed E-state index contributed by atoms with van der Waals surface area (Å²) >= 11 is 17.6. The van der Waals surface area contributed by atoms with E-state index < -0.39 is 42.7 Å². The van der Waals surface area contributed by atoms with E-state index in [1.54, 1.807) is 30.3 Å². The van der Waals surface area contributed by atoms with E-state index in [2.05, 4.69) is 10.6 Å². The van der Waals surface area contributed by atoms with E-state index in [4.69, 9.17) is 34.8 Å². The normalized spacial score (nSPS) is 12.1. The highest BCUT2D eigenvalue weighted by molar-refractivity contribution is 6.68. The lowest BCUT2D eigenvalue weighted by molar-refractivity contribution is -0.394. The molecule has 12 heteroatoms. The van der Waals surface area contributed by atoms with E-state index in [-0.39, 0.29) is 0 Å². The van der Waals surface area contributed by atoms with E-state index in [9.17, 15) is 25.0 Å². The molecule has 142 valence electrons. The molecule has 0 aromatic heterocycles. The van der Waals surface area contributed by atoms with Crippen molar-refractivity contribution in [3.63, 3.8) is 0 Å². The molecule has 0 aliphatic carbocycles. The third-order valence-electron chi connectivity index (χ3n) is 3.32. The number of anilines is 1. The summed E-state index contributed by atoms with van der Waals surface area (Å²) in [6, 6.07) is 11.1. The Labute approximate surface area is 167 Å². The maximum Gasteiger partial charge on any atom is 0.289 e. The van der Waals surface area contributed by atoms with Crippen LogP contribution in [-0.4, -0.2) is 25.7 Å². The van der Waals surface area contributed by atoms with Crippen LogP contribution in [0.5, 0.6) is 0 Å². The summed E-state index contributed by atoms with van der Waals surface area (Å²) in [5.74, 6) is -0.948. The number of non-ortho nitro benzene ring substituents is 1. The van der Waals surface area contributed by atoms with Crippen molar-refractivity contribution in [1.82, 2.24) is 5.32 Å². The lowest BCUT2D eigenvalue weighted by Gasteiger charge is -2.27. The Kier molecular flexibility index (Phi) is 6.42. The lowest BCUT2D eigenvalue weighted by atomic mass is 10.1. The van der Waals surface area contributed by atoms with E-state index in [1.165, 1.54) is 0 Å². The molecule has 0 bridgehead atoms. The molecule has 1 amide bonds. The average Bonchev–Trinajstić information content (AvgIpc) is 2.60. The molecule has 0 radical (unpaired) electrons. The molecular formula is C15H11Cl3N4O5. The topological polar surface area (TPSA) is 127 Å². The number of nitrogens with zero attached hydrogens (tertiary/aromatic N) is 2. The SMILES string of the molecule is O=C(N[C@H](Nc1ccccc1)C(Cl)(Cl)Cl)c1ccc([N+](=O)[O-])cc1[N+](=O)[O-]. The summed E-state index contributed by atoms with van der Waals surface area (Å²) in [7, 11) is 0. The second kappa shape index (κ2) is 8.38. The molecule has 0 saturated carbocycles. The molecule has 2 aromatic carbocycles. The molecule has 0 fully saturated rings. The van der Waals surface area contributed by atoms with E-state index in [0.717, 1.165) is 12.1 Å². The van der Waals surface area contributed by atoms with Crippen molar-refractivity contribution in [2.24, 2.45) is 0 Å². The Balaban J connectivity index is 2.32. The molecule has 9 nitrogen and oxygen atoms in total. The van der Waals surface area contributed by atoms with Gasteiger partial charge in [-0.05, 0) is 18.2 Å². The molecule has 0 aliphatic heterocycles. The Hall–Kier alpha value is -2.62. The van der Waals surface area contributed by atoms with Crippen LogP contribution in [-0.2, 0) is 0 Å². The Morgan fingerprint density at radius 1 is 1.00 bits per heavy atom. The summed E-state index contributed by atoms with van der Waals surface area (Å²) in [4.78, 5) is 32.8. The van der Waals surface area contributed by atoms with Crippen LogP contribution in [0.25, 0.3) is 0 Å². The van der Waals surface area contributed by atoms with Gasteiger partial charge in [0.15, 0.2) is 0 Å². The van der Waals surface area contributed by atoms with Gasteiger partial charge in [0.1, 0.15) is 11.7 Å². The minimum atomic E-state index is -2.00. The van der Waals surface area contributed by atoms with Gasteiger partial charge in [0, 0.05) is 11.8 Å². The summed E-state index contributed by atoms with van der Waals surface area (Å²) in [6.07, 6.45) is -1.24. The predicted molar refractivity (Wildman–Crippen MR) is 101 cm³/mol. The fourth-order valence-corrected chi connectivity index (χ4v) is 2.41. The Morgan fingerprint density at radius 2 is 1.63 bits per heavy atom. The number of nitro groups is 2. The molecule has 0 aliphatic rings. The van der Waals surface area contributed by atoms with Crippen molar-refractivity contribution in [2.75, 3.05) is 5.32 Å². The van der Waals surface area contributed by atoms with Crippen LogP contribution in [0.1, 0.15) is 10.4 Å². The second-order valence-corrected chi connectivity index (χ2v) is 7.54. The van der Waals surface area contributed by atoms with Gasteiger partial charge in [0.2, 0.25) is 3.79 Å². The molecule has 0 heterocycles. The molecule has 0 spiro atoms. The van der Waals surface area contributed by atoms with Crippen LogP contribution in [0.15, 0.2) is 48.5 Å². The number of benzene rings is 2. The second-order valence-electron chi connectivity index (χ2n) is 5.17. The molecule has 2 aromatic rings. The molecule has 0 unspecified atom stereocenters. The van der Waals surface area contributed by atoms with Crippen molar-refractivity contribution in [3.8, 4) is 0 Å². The smallest absolute Gasteiger partial charge is 0.289 e. The van der Waals surface area contributed by atoms with Crippen LogP contribution >= 0.6 is 34.8 Å². The van der Waals surface area contributed by atoms with Gasteiger partial charge in [-0.25, -0.2) is 0 Å². The standard InChI is InChI=1S/C15H11Cl3N4O5/c16-15(17,18)14(19-9-4-2-1-3-5-9)20-13(23)11-7-6-10(21(24)25)8-12(11)22(26)27/h1-8,14,19H,(H,20,23)/t14-/m0/s1. The van der Waals surface area contributed by atoms with Gasteiger partial charge < -0.3 is 10.6 Å². The van der Waals surface area contributed by atoms with Crippen molar-refractivity contribution in [3.05, 3.63) is 74.3 Å². The first-order chi connectivity index (χ1) is 12.6. The first kappa shape index (κ1) is 20.7. The maximum absolute atomic E-state index is 12.5. The lowest BCUT2D eigenvalue weighted by Crippen LogP contribution is -2.49. The minimum absolute atomic E-state index is 0.417. The quantitative estimate of drug-likeness (QED) is 0.306. The number of amides is 1. The van der Waals surface area contributed by atoms with E-state index in [0.29, 0.717) is 11.8 Å². The Bertz CT molecular complexity index is 874. The highest BCUT2D eigenvalue weighted by Crippen LogP contribution is 2.32. The largest absolute Gasteiger partial charge is 0.362 e. The molecule has 2 N–H and O–H groups in total. The van der Waals surface area contributed by atoms with Gasteiger partial charge in [-0.1, -0.05) is 53.0 Å². The zero-order valence-corrected chi connectivity index (χ0v) is 15.5. The van der Waals surface area contributed by atoms with Crippen molar-refractivity contribution < 1.29 is 14.6 Å². The number of alkyl halides is 3. The fourth-order valence-electron chi connectivity index (χ4n) is 2.09. The fraction of sp³-hybridized carbons (Fsp3) is 0.133. The highest BCUT2D eigenvalue weighted by atomic mass is 35.6. The van der Waals surface area contributed by atoms with Gasteiger partial charge in [-0.2, -0.15) is 0 Å². The summed E-state index contributed by atoms with van der Waals surface area (Å²) in [5.41, 5.74) is -1.17. The number of carbonyl (C=O) groups is 1. The number of halogens is 3. The van der Waals surface area contributed by atoms with Crippen molar-refractivity contribution in [2.45, 2.75) is 9.96 Å². The van der Waals surface area contributed by atoms with Gasteiger partial charge in [-0.15, -0.1) is 0 Å². The van der Waals surface area contributed by atoms with Crippen LogP contribution in [0.3, 0.4) is 0 Å². The van der Waals surface area contributed by atoms with Crippen molar-refractivity contribution >= 4 is 57.8 Å². The molecule has 27 heavy (non-hydrogen) atoms. The Morgan fingerprint density at radius 3 is 2.15 bits per heavy atom. The first-order valence-electron chi connectivity index (χ1n) is 7.21. The van der Waals surface area contributed by atoms with Crippen LogP contribution < -0.4 is 10.6 Å². The number of nitro benzene ring substituents is 2. The number of nitrogens with one attached hydrogen (secondary N) is 2. The van der Waals surface area contributed by atoms with Gasteiger partial charge in [-0.3, -0.25) is 25.0 Å². The van der Waals surface area contributed by atoms with Gasteiger partial charge in [0.25, 0.3) is 17.3 Å². The number of hydrogen-bond acceptors (Lipinski definition) is 6.